The minimum atomic E-state index is -0.505. The topological polar surface area (TPSA) is 67.2 Å². The highest BCUT2D eigenvalue weighted by Gasteiger charge is 2.19. The zero-order valence-corrected chi connectivity index (χ0v) is 12.5. The molecule has 0 aromatic heterocycles. The lowest BCUT2D eigenvalue weighted by atomic mass is 9.87. The third-order valence-electron chi connectivity index (χ3n) is 2.95. The number of anilines is 1. The molecule has 0 unspecified atom stereocenters. The molecule has 4 nitrogen and oxygen atoms in total. The van der Waals surface area contributed by atoms with Gasteiger partial charge in [-0.05, 0) is 37.0 Å². The van der Waals surface area contributed by atoms with Gasteiger partial charge in [0, 0.05) is 12.2 Å². The molecule has 0 radical (unpaired) electrons. The lowest BCUT2D eigenvalue weighted by Crippen LogP contribution is -2.50. The number of carbonyl (C=O) groups excluding carboxylic acids is 1. The van der Waals surface area contributed by atoms with Crippen molar-refractivity contribution in [3.63, 3.8) is 0 Å². The van der Waals surface area contributed by atoms with E-state index < -0.39 is 6.03 Å². The largest absolute Gasteiger partial charge is 0.383 e. The van der Waals surface area contributed by atoms with E-state index in [0.29, 0.717) is 6.54 Å². The number of urea groups is 1. The van der Waals surface area contributed by atoms with E-state index in [4.69, 9.17) is 5.73 Å². The lowest BCUT2D eigenvalue weighted by molar-refractivity contribution is 0.239. The van der Waals surface area contributed by atoms with Crippen molar-refractivity contribution in [2.24, 2.45) is 5.73 Å². The fourth-order valence-electron chi connectivity index (χ4n) is 1.79. The van der Waals surface area contributed by atoms with Crippen LogP contribution in [0.1, 0.15) is 40.2 Å². The van der Waals surface area contributed by atoms with Crippen LogP contribution < -0.4 is 16.4 Å². The van der Waals surface area contributed by atoms with Crippen LogP contribution in [-0.2, 0) is 5.41 Å². The van der Waals surface area contributed by atoms with Crippen LogP contribution in [0.25, 0.3) is 0 Å². The molecule has 1 aromatic rings. The fraction of sp³-hybridized carbons (Fsp3) is 0.533. The molecule has 0 bridgehead atoms. The highest BCUT2D eigenvalue weighted by atomic mass is 16.2. The minimum absolute atomic E-state index is 0.158. The van der Waals surface area contributed by atoms with Gasteiger partial charge in [-0.15, -0.1) is 0 Å². The molecule has 2 amide bonds. The Bertz CT molecular complexity index is 430. The third-order valence-corrected chi connectivity index (χ3v) is 2.95. The molecular formula is C15H25N3O. The van der Waals surface area contributed by atoms with Crippen LogP contribution >= 0.6 is 0 Å². The van der Waals surface area contributed by atoms with Crippen LogP contribution in [0.5, 0.6) is 0 Å². The summed E-state index contributed by atoms with van der Waals surface area (Å²) in [5.74, 6) is 0. The predicted octanol–water partition coefficient (Wildman–Crippen LogP) is 2.84. The summed E-state index contributed by atoms with van der Waals surface area (Å²) < 4.78 is 0. The maximum atomic E-state index is 10.9. The number of nitrogens with two attached hydrogens (primary N) is 1. The van der Waals surface area contributed by atoms with Crippen LogP contribution in [0.15, 0.2) is 24.3 Å². The summed E-state index contributed by atoms with van der Waals surface area (Å²) in [7, 11) is 0. The van der Waals surface area contributed by atoms with Crippen LogP contribution in [0.3, 0.4) is 0 Å². The first kappa shape index (κ1) is 15.3. The fourth-order valence-corrected chi connectivity index (χ4v) is 1.79. The van der Waals surface area contributed by atoms with Crippen molar-refractivity contribution in [2.45, 2.75) is 45.6 Å². The van der Waals surface area contributed by atoms with E-state index in [1.54, 1.807) is 0 Å². The van der Waals surface area contributed by atoms with E-state index in [0.717, 1.165) is 5.69 Å². The Morgan fingerprint density at radius 3 is 2.05 bits per heavy atom. The van der Waals surface area contributed by atoms with Crippen LogP contribution in [0.2, 0.25) is 0 Å². The van der Waals surface area contributed by atoms with E-state index in [-0.39, 0.29) is 11.0 Å². The molecule has 0 heterocycles. The molecule has 4 heteroatoms. The quantitative estimate of drug-likeness (QED) is 0.782. The van der Waals surface area contributed by atoms with Gasteiger partial charge >= 0.3 is 6.03 Å². The molecule has 0 fully saturated rings. The summed E-state index contributed by atoms with van der Waals surface area (Å²) in [4.78, 5) is 10.9. The molecule has 0 aliphatic carbocycles. The second-order valence-corrected chi connectivity index (χ2v) is 6.55. The first-order chi connectivity index (χ1) is 8.60. The Kier molecular flexibility index (Phi) is 4.45. The molecule has 4 N–H and O–H groups in total. The molecular weight excluding hydrogens is 238 g/mol. The molecule has 1 aromatic carbocycles. The molecule has 1 rings (SSSR count). The number of primary amides is 1. The van der Waals surface area contributed by atoms with E-state index in [9.17, 15) is 4.79 Å². The van der Waals surface area contributed by atoms with Gasteiger partial charge in [0.1, 0.15) is 0 Å². The number of benzene rings is 1. The van der Waals surface area contributed by atoms with Gasteiger partial charge in [0.25, 0.3) is 0 Å². The second kappa shape index (κ2) is 5.51. The average Bonchev–Trinajstić information content (AvgIpc) is 2.24. The smallest absolute Gasteiger partial charge is 0.312 e. The lowest BCUT2D eigenvalue weighted by Gasteiger charge is -2.26. The van der Waals surface area contributed by atoms with Gasteiger partial charge < -0.3 is 16.4 Å². The van der Waals surface area contributed by atoms with Gasteiger partial charge in [0.15, 0.2) is 0 Å². The summed E-state index contributed by atoms with van der Waals surface area (Å²) >= 11 is 0. The van der Waals surface area contributed by atoms with E-state index in [1.165, 1.54) is 5.56 Å². The van der Waals surface area contributed by atoms with Crippen molar-refractivity contribution in [3.05, 3.63) is 29.8 Å². The second-order valence-electron chi connectivity index (χ2n) is 6.55. The number of carbonyl (C=O) groups is 1. The molecule has 19 heavy (non-hydrogen) atoms. The summed E-state index contributed by atoms with van der Waals surface area (Å²) in [6, 6.07) is 7.85. The van der Waals surface area contributed by atoms with Crippen molar-refractivity contribution in [1.82, 2.24) is 5.32 Å². The van der Waals surface area contributed by atoms with Crippen LogP contribution in [0, 0.1) is 0 Å². The van der Waals surface area contributed by atoms with E-state index >= 15 is 0 Å². The molecule has 0 saturated carbocycles. The molecule has 0 aliphatic rings. The van der Waals surface area contributed by atoms with Crippen molar-refractivity contribution >= 4 is 11.7 Å². The molecule has 0 atom stereocenters. The maximum absolute atomic E-state index is 10.9. The summed E-state index contributed by atoms with van der Waals surface area (Å²) in [6.45, 7) is 11.0. The first-order valence-corrected chi connectivity index (χ1v) is 6.52. The number of nitrogens with one attached hydrogen (secondary N) is 2. The number of hydrogen-bond donors (Lipinski definition) is 3. The Morgan fingerprint density at radius 1 is 1.11 bits per heavy atom. The SMILES string of the molecule is CC(C)(CNc1ccc(C(C)(C)C)cc1)NC(N)=O. The van der Waals surface area contributed by atoms with E-state index in [1.807, 2.05) is 13.8 Å². The minimum Gasteiger partial charge on any atom is -0.383 e. The highest BCUT2D eigenvalue weighted by molar-refractivity contribution is 5.72. The van der Waals surface area contributed by atoms with Gasteiger partial charge in [-0.2, -0.15) is 0 Å². The number of rotatable bonds is 4. The van der Waals surface area contributed by atoms with Crippen molar-refractivity contribution in [3.8, 4) is 0 Å². The summed E-state index contributed by atoms with van der Waals surface area (Å²) in [5, 5.41) is 6.00. The molecule has 106 valence electrons. The summed E-state index contributed by atoms with van der Waals surface area (Å²) in [5.41, 5.74) is 7.25. The predicted molar refractivity (Wildman–Crippen MR) is 80.4 cm³/mol. The average molecular weight is 263 g/mol. The molecule has 0 saturated heterocycles. The van der Waals surface area contributed by atoms with Gasteiger partial charge in [0.2, 0.25) is 0 Å². The standard InChI is InChI=1S/C15H25N3O/c1-14(2,3)11-6-8-12(9-7-11)17-10-15(4,5)18-13(16)19/h6-9,17H,10H2,1-5H3,(H3,16,18,19). The van der Waals surface area contributed by atoms with E-state index in [2.05, 4.69) is 55.7 Å². The molecule has 0 aliphatic heterocycles. The zero-order valence-electron chi connectivity index (χ0n) is 12.5. The van der Waals surface area contributed by atoms with Crippen molar-refractivity contribution in [2.75, 3.05) is 11.9 Å². The van der Waals surface area contributed by atoms with Crippen molar-refractivity contribution in [1.29, 1.82) is 0 Å². The Balaban J connectivity index is 2.62. The third kappa shape index (κ3) is 5.20. The van der Waals surface area contributed by atoms with Gasteiger partial charge in [0.05, 0.1) is 5.54 Å². The zero-order chi connectivity index (χ0) is 14.7. The van der Waals surface area contributed by atoms with Gasteiger partial charge in [-0.25, -0.2) is 4.79 Å². The normalized spacial score (nSPS) is 12.1. The first-order valence-electron chi connectivity index (χ1n) is 6.52. The maximum Gasteiger partial charge on any atom is 0.312 e. The Hall–Kier alpha value is -1.71. The highest BCUT2D eigenvalue weighted by Crippen LogP contribution is 2.23. The van der Waals surface area contributed by atoms with Gasteiger partial charge in [-0.3, -0.25) is 0 Å². The monoisotopic (exact) mass is 263 g/mol. The Morgan fingerprint density at radius 2 is 1.63 bits per heavy atom. The van der Waals surface area contributed by atoms with Crippen LogP contribution in [-0.4, -0.2) is 18.1 Å². The molecule has 0 spiro atoms. The number of hydrogen-bond acceptors (Lipinski definition) is 2. The summed E-state index contributed by atoms with van der Waals surface area (Å²) in [6.07, 6.45) is 0. The van der Waals surface area contributed by atoms with Crippen LogP contribution in [0.4, 0.5) is 10.5 Å². The van der Waals surface area contributed by atoms with Gasteiger partial charge in [-0.1, -0.05) is 32.9 Å². The Labute approximate surface area is 115 Å². The number of amides is 2. The van der Waals surface area contributed by atoms with Crippen molar-refractivity contribution < 1.29 is 4.79 Å².